The molecule has 3 aromatic rings. The summed E-state index contributed by atoms with van der Waals surface area (Å²) in [6.07, 6.45) is 2.09. The molecule has 0 amide bonds. The molecule has 0 N–H and O–H groups in total. The Hall–Kier alpha value is -3.18. The normalized spacial score (nSPS) is 25.3. The number of likely N-dealkylation sites (N-methyl/N-ethyl adjacent to an activating group) is 1. The Morgan fingerprint density at radius 3 is 2.19 bits per heavy atom. The number of ether oxygens (including phenoxy) is 1. The van der Waals surface area contributed by atoms with Crippen LogP contribution in [0.5, 0.6) is 0 Å². The molecule has 36 heavy (non-hydrogen) atoms. The van der Waals surface area contributed by atoms with E-state index in [0.29, 0.717) is 13.2 Å². The molecule has 6 nitrogen and oxygen atoms in total. The summed E-state index contributed by atoms with van der Waals surface area (Å²) in [5.41, 5.74) is 5.68. The predicted molar refractivity (Wildman–Crippen MR) is 150 cm³/mol. The number of nitrogens with zero attached hydrogens (tertiary/aromatic N) is 5. The zero-order valence-electron chi connectivity index (χ0n) is 21.1. The number of fused-ring (bicyclic) bond motifs is 1. The van der Waals surface area contributed by atoms with Crippen molar-refractivity contribution >= 4 is 30.6 Å². The van der Waals surface area contributed by atoms with Gasteiger partial charge in [0.15, 0.2) is 7.36 Å². The molecule has 0 spiro atoms. The summed E-state index contributed by atoms with van der Waals surface area (Å²) in [5, 5.41) is 6.33. The smallest absolute Gasteiger partial charge is 0.180 e. The van der Waals surface area contributed by atoms with Gasteiger partial charge in [-0.05, 0) is 35.9 Å². The van der Waals surface area contributed by atoms with Crippen molar-refractivity contribution in [2.75, 3.05) is 43.0 Å². The van der Waals surface area contributed by atoms with E-state index in [1.54, 1.807) is 0 Å². The number of morpholine rings is 1. The molecular formula is C29H32N5OP. The number of hydrogen-bond acceptors (Lipinski definition) is 4. The van der Waals surface area contributed by atoms with Gasteiger partial charge in [0.05, 0.1) is 36.1 Å². The zero-order valence-corrected chi connectivity index (χ0v) is 22.0. The van der Waals surface area contributed by atoms with Crippen molar-refractivity contribution in [3.8, 4) is 0 Å². The molecule has 0 radical (unpaired) electrons. The van der Waals surface area contributed by atoms with Crippen LogP contribution in [0, 0.1) is 0 Å². The Bertz CT molecular complexity index is 1380. The summed E-state index contributed by atoms with van der Waals surface area (Å²) in [6.45, 7) is 7.66. The molecule has 1 atom stereocenters. The first kappa shape index (κ1) is 23.2. The number of benzene rings is 3. The third-order valence-corrected chi connectivity index (χ3v) is 10.9. The van der Waals surface area contributed by atoms with Crippen LogP contribution < -0.4 is 9.68 Å². The van der Waals surface area contributed by atoms with Gasteiger partial charge in [0.2, 0.25) is 0 Å². The largest absolute Gasteiger partial charge is 0.379 e. The van der Waals surface area contributed by atoms with E-state index in [1.165, 1.54) is 22.3 Å². The lowest BCUT2D eigenvalue weighted by molar-refractivity contribution is 0.0743. The maximum atomic E-state index is 5.82. The lowest BCUT2D eigenvalue weighted by Crippen LogP contribution is -2.38. The van der Waals surface area contributed by atoms with Crippen molar-refractivity contribution in [1.29, 1.82) is 0 Å². The van der Waals surface area contributed by atoms with Crippen LogP contribution in [-0.4, -0.2) is 44.2 Å². The molecule has 7 heteroatoms. The minimum atomic E-state index is -2.55. The molecule has 1 saturated heterocycles. The second kappa shape index (κ2) is 9.04. The average molecular weight is 498 g/mol. The van der Waals surface area contributed by atoms with Crippen LogP contribution in [0.4, 0.5) is 17.1 Å². The van der Waals surface area contributed by atoms with E-state index in [-0.39, 0.29) is 5.41 Å². The van der Waals surface area contributed by atoms with E-state index in [4.69, 9.17) is 14.6 Å². The molecule has 0 aromatic heterocycles. The molecule has 3 aliphatic heterocycles. The van der Waals surface area contributed by atoms with Crippen molar-refractivity contribution in [3.05, 3.63) is 102 Å². The van der Waals surface area contributed by atoms with Crippen LogP contribution in [0.1, 0.15) is 19.4 Å². The highest BCUT2D eigenvalue weighted by Gasteiger charge is 2.49. The molecule has 1 fully saturated rings. The number of allylic oxidation sites excluding steroid dienone is 2. The lowest BCUT2D eigenvalue weighted by atomic mass is 9.84. The van der Waals surface area contributed by atoms with Crippen molar-refractivity contribution in [2.24, 2.45) is 9.85 Å². The Morgan fingerprint density at radius 1 is 0.861 bits per heavy atom. The number of rotatable bonds is 3. The Labute approximate surface area is 213 Å². The van der Waals surface area contributed by atoms with Gasteiger partial charge in [0, 0.05) is 36.9 Å². The highest BCUT2D eigenvalue weighted by Crippen LogP contribution is 2.70. The third-order valence-electron chi connectivity index (χ3n) is 7.37. The predicted octanol–water partition coefficient (Wildman–Crippen LogP) is 6.83. The SMILES string of the molecule is CN1/C(=C2/C=NN(c3ccccc3)P2(=Nc2ccccc2)N2CCOCC2)C(C)(C)c2ccccc21. The molecule has 0 aliphatic carbocycles. The molecule has 0 saturated carbocycles. The van der Waals surface area contributed by atoms with Crippen LogP contribution in [0.25, 0.3) is 0 Å². The zero-order chi connectivity index (χ0) is 24.8. The Kier molecular flexibility index (Phi) is 5.83. The van der Waals surface area contributed by atoms with E-state index < -0.39 is 7.36 Å². The van der Waals surface area contributed by atoms with Gasteiger partial charge in [-0.3, -0.25) is 0 Å². The van der Waals surface area contributed by atoms with Crippen molar-refractivity contribution in [2.45, 2.75) is 19.3 Å². The first-order valence-corrected chi connectivity index (χ1v) is 14.2. The summed E-state index contributed by atoms with van der Waals surface area (Å²) in [7, 11) is -0.368. The Morgan fingerprint density at radius 2 is 1.50 bits per heavy atom. The molecule has 3 aromatic carbocycles. The number of para-hydroxylation sites is 2. The van der Waals surface area contributed by atoms with Crippen LogP contribution >= 0.6 is 7.36 Å². The first-order chi connectivity index (χ1) is 17.5. The van der Waals surface area contributed by atoms with Gasteiger partial charge in [0.25, 0.3) is 0 Å². The van der Waals surface area contributed by atoms with E-state index in [2.05, 4.69) is 120 Å². The molecule has 1 unspecified atom stereocenters. The van der Waals surface area contributed by atoms with Gasteiger partial charge in [-0.2, -0.15) is 5.10 Å². The van der Waals surface area contributed by atoms with E-state index in [9.17, 15) is 0 Å². The molecule has 3 aliphatic rings. The molecule has 6 rings (SSSR count). The minimum Gasteiger partial charge on any atom is -0.379 e. The van der Waals surface area contributed by atoms with Gasteiger partial charge < -0.3 is 9.64 Å². The molecule has 0 bridgehead atoms. The monoisotopic (exact) mass is 497 g/mol. The quantitative estimate of drug-likeness (QED) is 0.372. The standard InChI is InChI=1S/C29H32N5OP/c1-29(2)25-16-10-11-17-26(25)32(3)28(29)27-22-30-34(24-14-8-5-9-15-24)36(27,33-18-20-35-21-19-33)31-23-12-6-4-7-13-23/h4-17,22H,18-21H2,1-3H3/b28-27-. The molecule has 3 heterocycles. The fourth-order valence-corrected chi connectivity index (χ4v) is 9.54. The summed E-state index contributed by atoms with van der Waals surface area (Å²) < 4.78 is 16.2. The average Bonchev–Trinajstić information content (AvgIpc) is 3.38. The van der Waals surface area contributed by atoms with Crippen LogP contribution in [0.3, 0.4) is 0 Å². The van der Waals surface area contributed by atoms with Crippen molar-refractivity contribution < 1.29 is 4.74 Å². The second-order valence-electron chi connectivity index (χ2n) is 9.87. The van der Waals surface area contributed by atoms with E-state index in [1.807, 2.05) is 6.07 Å². The fraction of sp³-hybridized carbons (Fsp3) is 0.276. The maximum Gasteiger partial charge on any atom is 0.180 e. The third kappa shape index (κ3) is 3.55. The van der Waals surface area contributed by atoms with E-state index >= 15 is 0 Å². The maximum absolute atomic E-state index is 5.82. The van der Waals surface area contributed by atoms with E-state index in [0.717, 1.165) is 24.5 Å². The summed E-state index contributed by atoms with van der Waals surface area (Å²) >= 11 is 0. The highest BCUT2D eigenvalue weighted by atomic mass is 31.2. The first-order valence-electron chi connectivity index (χ1n) is 12.5. The van der Waals surface area contributed by atoms with Crippen molar-refractivity contribution in [3.63, 3.8) is 0 Å². The summed E-state index contributed by atoms with van der Waals surface area (Å²) in [6, 6.07) is 29.6. The molecular weight excluding hydrogens is 465 g/mol. The lowest BCUT2D eigenvalue weighted by Gasteiger charge is -2.42. The second-order valence-corrected chi connectivity index (χ2v) is 12.6. The topological polar surface area (TPSA) is 43.7 Å². The van der Waals surface area contributed by atoms with Gasteiger partial charge >= 0.3 is 0 Å². The van der Waals surface area contributed by atoms with Gasteiger partial charge in [-0.1, -0.05) is 68.4 Å². The number of hydrogen-bond donors (Lipinski definition) is 0. The molecule has 184 valence electrons. The number of hydrazone groups is 1. The van der Waals surface area contributed by atoms with Gasteiger partial charge in [-0.25, -0.2) is 14.2 Å². The summed E-state index contributed by atoms with van der Waals surface area (Å²) in [4.78, 5) is 2.36. The van der Waals surface area contributed by atoms with Gasteiger partial charge in [0.1, 0.15) is 0 Å². The van der Waals surface area contributed by atoms with Gasteiger partial charge in [-0.15, -0.1) is 0 Å². The number of anilines is 2. The van der Waals surface area contributed by atoms with Crippen LogP contribution in [0.2, 0.25) is 0 Å². The summed E-state index contributed by atoms with van der Waals surface area (Å²) in [5.74, 6) is 0. The minimum absolute atomic E-state index is 0.191. The fourth-order valence-electron chi connectivity index (χ4n) is 5.73. The Balaban J connectivity index is 1.68. The van der Waals surface area contributed by atoms with Crippen molar-refractivity contribution in [1.82, 2.24) is 4.67 Å². The van der Waals surface area contributed by atoms with Crippen LogP contribution in [0.15, 0.2) is 106 Å². The van der Waals surface area contributed by atoms with Crippen LogP contribution in [-0.2, 0) is 10.2 Å². The highest BCUT2D eigenvalue weighted by molar-refractivity contribution is 7.71.